The molecule has 28 heavy (non-hydrogen) atoms. The molecule has 7 heteroatoms. The van der Waals surface area contributed by atoms with Crippen LogP contribution >= 0.6 is 0 Å². The first-order chi connectivity index (χ1) is 13.3. The van der Waals surface area contributed by atoms with Gasteiger partial charge in [0.25, 0.3) is 11.5 Å². The lowest BCUT2D eigenvalue weighted by Gasteiger charge is -2.30. The zero-order chi connectivity index (χ0) is 20.2. The van der Waals surface area contributed by atoms with Crippen LogP contribution in [0.15, 0.2) is 35.4 Å². The Hall–Kier alpha value is -3.35. The van der Waals surface area contributed by atoms with E-state index in [1.54, 1.807) is 31.6 Å². The number of hydrogen-bond donors (Lipinski definition) is 2. The van der Waals surface area contributed by atoms with E-state index in [4.69, 9.17) is 4.74 Å². The van der Waals surface area contributed by atoms with Crippen molar-refractivity contribution < 1.29 is 14.3 Å². The summed E-state index contributed by atoms with van der Waals surface area (Å²) in [6, 6.07) is 5.20. The number of aromatic nitrogens is 2. The number of carbonyl (C=O) groups is 2. The molecule has 0 saturated heterocycles. The molecule has 0 fully saturated rings. The average Bonchev–Trinajstić information content (AvgIpc) is 3.13. The Balaban J connectivity index is 2.04. The number of nitrogens with one attached hydrogen (secondary N) is 2. The third kappa shape index (κ3) is 2.70. The minimum Gasteiger partial charge on any atom is -0.477 e. The Morgan fingerprint density at radius 1 is 1.21 bits per heavy atom. The second-order valence-corrected chi connectivity index (χ2v) is 7.45. The van der Waals surface area contributed by atoms with E-state index in [0.29, 0.717) is 28.1 Å². The van der Waals surface area contributed by atoms with Crippen molar-refractivity contribution >= 4 is 28.3 Å². The molecule has 0 bridgehead atoms. The van der Waals surface area contributed by atoms with Gasteiger partial charge in [-0.3, -0.25) is 14.4 Å². The van der Waals surface area contributed by atoms with E-state index < -0.39 is 6.10 Å². The van der Waals surface area contributed by atoms with E-state index in [9.17, 15) is 14.4 Å². The highest BCUT2D eigenvalue weighted by Gasteiger charge is 2.33. The van der Waals surface area contributed by atoms with E-state index in [0.717, 1.165) is 10.9 Å². The molecule has 144 valence electrons. The number of anilines is 1. The Morgan fingerprint density at radius 3 is 2.64 bits per heavy atom. The molecular weight excluding hydrogens is 358 g/mol. The maximum atomic E-state index is 12.4. The van der Waals surface area contributed by atoms with E-state index in [1.165, 1.54) is 11.5 Å². The summed E-state index contributed by atoms with van der Waals surface area (Å²) >= 11 is 0. The van der Waals surface area contributed by atoms with E-state index in [1.807, 2.05) is 19.9 Å². The van der Waals surface area contributed by atoms with E-state index >= 15 is 0 Å². The largest absolute Gasteiger partial charge is 0.477 e. The van der Waals surface area contributed by atoms with Crippen LogP contribution in [-0.2, 0) is 11.8 Å². The Bertz CT molecular complexity index is 1190. The second kappa shape index (κ2) is 6.37. The Kier molecular flexibility index (Phi) is 4.10. The predicted octanol–water partition coefficient (Wildman–Crippen LogP) is 3.09. The number of hydrogen-bond acceptors (Lipinski definition) is 4. The van der Waals surface area contributed by atoms with Crippen LogP contribution in [0.3, 0.4) is 0 Å². The molecule has 1 aliphatic heterocycles. The molecule has 2 N–H and O–H groups in total. The highest BCUT2D eigenvalue weighted by molar-refractivity contribution is 6.06. The first-order valence-electron chi connectivity index (χ1n) is 9.11. The van der Waals surface area contributed by atoms with Crippen molar-refractivity contribution in [3.05, 3.63) is 46.5 Å². The van der Waals surface area contributed by atoms with Gasteiger partial charge in [0.1, 0.15) is 5.52 Å². The number of ketones is 1. The molecule has 1 amide bonds. The number of amides is 1. The van der Waals surface area contributed by atoms with Gasteiger partial charge in [0, 0.05) is 41.5 Å². The number of nitrogens with zero attached hydrogens (tertiary/aromatic N) is 1. The molecule has 0 saturated carbocycles. The zero-order valence-corrected chi connectivity index (χ0v) is 16.1. The average molecular weight is 379 g/mol. The van der Waals surface area contributed by atoms with Crippen LogP contribution in [-0.4, -0.2) is 27.3 Å². The van der Waals surface area contributed by atoms with Gasteiger partial charge in [0.05, 0.1) is 5.69 Å². The van der Waals surface area contributed by atoms with Gasteiger partial charge >= 0.3 is 0 Å². The highest BCUT2D eigenvalue weighted by Crippen LogP contribution is 2.43. The van der Waals surface area contributed by atoms with Gasteiger partial charge in [-0.1, -0.05) is 13.8 Å². The van der Waals surface area contributed by atoms with Crippen molar-refractivity contribution in [1.82, 2.24) is 9.55 Å². The topological polar surface area (TPSA) is 93.2 Å². The third-order valence-corrected chi connectivity index (χ3v) is 5.05. The van der Waals surface area contributed by atoms with E-state index in [-0.39, 0.29) is 23.2 Å². The molecule has 1 aromatic carbocycles. The molecule has 0 spiro atoms. The SMILES string of the molecule is CC(=O)c1cc2c(c(-c3cn(C)c(=O)c4[nH]ccc34)c1)OC(C(C)C)C(=O)N2. The number of benzene rings is 1. The fourth-order valence-corrected chi connectivity index (χ4v) is 3.56. The van der Waals surface area contributed by atoms with Crippen LogP contribution in [0.5, 0.6) is 5.75 Å². The van der Waals surface area contributed by atoms with Gasteiger partial charge in [0.15, 0.2) is 17.6 Å². The van der Waals surface area contributed by atoms with Crippen molar-refractivity contribution in [1.29, 1.82) is 0 Å². The molecule has 1 atom stereocenters. The first-order valence-corrected chi connectivity index (χ1v) is 9.11. The zero-order valence-electron chi connectivity index (χ0n) is 16.1. The molecule has 3 heterocycles. The molecule has 2 aromatic heterocycles. The van der Waals surface area contributed by atoms with Crippen molar-refractivity contribution in [2.75, 3.05) is 5.32 Å². The normalized spacial score (nSPS) is 16.0. The van der Waals surface area contributed by atoms with Crippen molar-refractivity contribution in [3.63, 3.8) is 0 Å². The summed E-state index contributed by atoms with van der Waals surface area (Å²) < 4.78 is 7.59. The number of carbonyl (C=O) groups excluding carboxylic acids is 2. The Morgan fingerprint density at radius 2 is 1.96 bits per heavy atom. The highest BCUT2D eigenvalue weighted by atomic mass is 16.5. The molecule has 7 nitrogen and oxygen atoms in total. The molecule has 3 aromatic rings. The number of rotatable bonds is 3. The second-order valence-electron chi connectivity index (χ2n) is 7.45. The number of fused-ring (bicyclic) bond motifs is 2. The maximum absolute atomic E-state index is 12.4. The summed E-state index contributed by atoms with van der Waals surface area (Å²) in [5.74, 6) is 0.117. The lowest BCUT2D eigenvalue weighted by molar-refractivity contribution is -0.125. The summed E-state index contributed by atoms with van der Waals surface area (Å²) in [6.45, 7) is 5.30. The van der Waals surface area contributed by atoms with Gasteiger partial charge in [-0.15, -0.1) is 0 Å². The Labute approximate surface area is 161 Å². The number of H-pyrrole nitrogens is 1. The summed E-state index contributed by atoms with van der Waals surface area (Å²) in [4.78, 5) is 39.9. The predicted molar refractivity (Wildman–Crippen MR) is 107 cm³/mol. The lowest BCUT2D eigenvalue weighted by atomic mass is 9.96. The molecule has 0 aliphatic carbocycles. The van der Waals surface area contributed by atoms with Crippen LogP contribution < -0.4 is 15.6 Å². The molecule has 0 radical (unpaired) electrons. The minimum atomic E-state index is -0.635. The summed E-state index contributed by atoms with van der Waals surface area (Å²) in [6.07, 6.45) is 2.79. The number of aryl methyl sites for hydroxylation is 1. The number of Topliss-reactive ketones (excluding diaryl/α,β-unsaturated/α-hetero) is 1. The smallest absolute Gasteiger partial charge is 0.274 e. The number of pyridine rings is 1. The maximum Gasteiger partial charge on any atom is 0.274 e. The number of aromatic amines is 1. The fraction of sp³-hybridized carbons (Fsp3) is 0.286. The van der Waals surface area contributed by atoms with Gasteiger partial charge in [-0.2, -0.15) is 0 Å². The van der Waals surface area contributed by atoms with Crippen LogP contribution in [0, 0.1) is 5.92 Å². The van der Waals surface area contributed by atoms with Crippen LogP contribution in [0.4, 0.5) is 5.69 Å². The van der Waals surface area contributed by atoms with Gasteiger partial charge in [-0.25, -0.2) is 0 Å². The summed E-state index contributed by atoms with van der Waals surface area (Å²) in [7, 11) is 1.67. The molecule has 1 unspecified atom stereocenters. The van der Waals surface area contributed by atoms with E-state index in [2.05, 4.69) is 10.3 Å². The van der Waals surface area contributed by atoms with Gasteiger partial charge in [0.2, 0.25) is 0 Å². The number of ether oxygens (including phenoxy) is 1. The molecule has 4 rings (SSSR count). The fourth-order valence-electron chi connectivity index (χ4n) is 3.56. The van der Waals surface area contributed by atoms with Gasteiger partial charge in [-0.05, 0) is 31.0 Å². The van der Waals surface area contributed by atoms with Crippen LogP contribution in [0.2, 0.25) is 0 Å². The van der Waals surface area contributed by atoms with Gasteiger partial charge < -0.3 is 19.6 Å². The lowest BCUT2D eigenvalue weighted by Crippen LogP contribution is -2.40. The third-order valence-electron chi connectivity index (χ3n) is 5.05. The first kappa shape index (κ1) is 18.0. The molecule has 1 aliphatic rings. The van der Waals surface area contributed by atoms with Crippen molar-refractivity contribution in [2.24, 2.45) is 13.0 Å². The van der Waals surface area contributed by atoms with Crippen molar-refractivity contribution in [2.45, 2.75) is 26.9 Å². The standard InChI is InChI=1S/C21H21N3O4/c1-10(2)18-20(26)23-16-8-12(11(3)25)7-14(19(16)28-18)15-9-24(4)21(27)17-13(15)5-6-22-17/h5-10,18,22H,1-4H3,(H,23,26). The van der Waals surface area contributed by atoms with Crippen LogP contribution in [0.25, 0.3) is 22.0 Å². The monoisotopic (exact) mass is 379 g/mol. The minimum absolute atomic E-state index is 0.0270. The van der Waals surface area contributed by atoms with Crippen molar-refractivity contribution in [3.8, 4) is 16.9 Å². The summed E-state index contributed by atoms with van der Waals surface area (Å²) in [5.41, 5.74) is 2.65. The van der Waals surface area contributed by atoms with Crippen LogP contribution in [0.1, 0.15) is 31.1 Å². The molecular formula is C21H21N3O4. The quantitative estimate of drug-likeness (QED) is 0.684. The summed E-state index contributed by atoms with van der Waals surface area (Å²) in [5, 5.41) is 3.60.